The van der Waals surface area contributed by atoms with Gasteiger partial charge in [0, 0.05) is 18.5 Å². The molecule has 134 valence electrons. The molecule has 2 rings (SSSR count). The molecule has 0 saturated heterocycles. The maximum Gasteiger partial charge on any atom is 0.341 e. The monoisotopic (exact) mass is 347 g/mol. The number of carboxylic acids is 1. The predicted octanol–water partition coefficient (Wildman–Crippen LogP) is 1.82. The molecule has 1 amide bonds. The van der Waals surface area contributed by atoms with Crippen molar-refractivity contribution in [2.45, 2.75) is 33.6 Å². The average molecular weight is 347 g/mol. The van der Waals surface area contributed by atoms with Gasteiger partial charge < -0.3 is 19.7 Å². The van der Waals surface area contributed by atoms with Gasteiger partial charge in [-0.3, -0.25) is 4.79 Å². The van der Waals surface area contributed by atoms with Gasteiger partial charge in [0.2, 0.25) is 5.89 Å². The molecule has 8 nitrogen and oxygen atoms in total. The number of hydrogen-bond donors (Lipinski definition) is 2. The summed E-state index contributed by atoms with van der Waals surface area (Å²) in [5.41, 5.74) is 1.94. The fraction of sp³-hybridized carbons (Fsp3) is 0.412. The molecule has 2 N–H and O–H groups in total. The van der Waals surface area contributed by atoms with Gasteiger partial charge in [-0.1, -0.05) is 5.16 Å². The first-order chi connectivity index (χ1) is 11.9. The topological polar surface area (TPSA) is 115 Å². The fourth-order valence-corrected chi connectivity index (χ4v) is 2.43. The van der Waals surface area contributed by atoms with Crippen LogP contribution in [0.3, 0.4) is 0 Å². The Kier molecular flexibility index (Phi) is 6.10. The Hall–Kier alpha value is -2.90. The standard InChI is InChI=1S/C17H21N3O5/c1-10-7-13(8-11(2)16(10)24-9-15(21)22)17(23)18-6-4-5-14-19-12(3)20-25-14/h7-8H,4-6,9H2,1-3H3,(H,18,23)(H,21,22). The second-order valence-corrected chi connectivity index (χ2v) is 5.72. The molecule has 0 unspecified atom stereocenters. The minimum atomic E-state index is -1.04. The zero-order chi connectivity index (χ0) is 18.4. The van der Waals surface area contributed by atoms with Crippen LogP contribution in [0, 0.1) is 20.8 Å². The molecule has 0 aliphatic heterocycles. The Morgan fingerprint density at radius 1 is 1.24 bits per heavy atom. The molecule has 2 aromatic rings. The highest BCUT2D eigenvalue weighted by Crippen LogP contribution is 2.24. The highest BCUT2D eigenvalue weighted by molar-refractivity contribution is 5.94. The molecule has 0 aliphatic rings. The van der Waals surface area contributed by atoms with E-state index in [1.54, 1.807) is 32.9 Å². The van der Waals surface area contributed by atoms with Crippen molar-refractivity contribution in [3.8, 4) is 5.75 Å². The number of hydrogen-bond acceptors (Lipinski definition) is 6. The van der Waals surface area contributed by atoms with Gasteiger partial charge in [-0.2, -0.15) is 4.98 Å². The van der Waals surface area contributed by atoms with Crippen molar-refractivity contribution < 1.29 is 24.0 Å². The molecule has 1 aromatic carbocycles. The van der Waals surface area contributed by atoms with Crippen LogP contribution in [-0.2, 0) is 11.2 Å². The van der Waals surface area contributed by atoms with E-state index in [0.717, 1.165) is 0 Å². The van der Waals surface area contributed by atoms with Gasteiger partial charge in [-0.05, 0) is 50.5 Å². The molecule has 0 spiro atoms. The van der Waals surface area contributed by atoms with Crippen LogP contribution in [0.1, 0.15) is 39.6 Å². The minimum absolute atomic E-state index is 0.197. The lowest BCUT2D eigenvalue weighted by atomic mass is 10.0. The smallest absolute Gasteiger partial charge is 0.341 e. The van der Waals surface area contributed by atoms with Crippen LogP contribution in [0.15, 0.2) is 16.7 Å². The van der Waals surface area contributed by atoms with Gasteiger partial charge in [-0.15, -0.1) is 0 Å². The Labute approximate surface area is 145 Å². The zero-order valence-electron chi connectivity index (χ0n) is 14.5. The average Bonchev–Trinajstić information content (AvgIpc) is 2.95. The second kappa shape index (κ2) is 8.27. The molecule has 0 fully saturated rings. The molecule has 25 heavy (non-hydrogen) atoms. The van der Waals surface area contributed by atoms with Crippen molar-refractivity contribution in [3.05, 3.63) is 40.5 Å². The van der Waals surface area contributed by atoms with Gasteiger partial charge in [0.25, 0.3) is 5.91 Å². The van der Waals surface area contributed by atoms with Crippen molar-refractivity contribution in [2.75, 3.05) is 13.2 Å². The number of ether oxygens (including phenoxy) is 1. The third-order valence-corrected chi connectivity index (χ3v) is 3.49. The van der Waals surface area contributed by atoms with Crippen LogP contribution in [-0.4, -0.2) is 40.3 Å². The molecule has 0 bridgehead atoms. The van der Waals surface area contributed by atoms with E-state index in [1.165, 1.54) is 0 Å². The summed E-state index contributed by atoms with van der Waals surface area (Å²) in [6, 6.07) is 3.36. The summed E-state index contributed by atoms with van der Waals surface area (Å²) in [6.45, 7) is 5.37. The van der Waals surface area contributed by atoms with E-state index in [0.29, 0.717) is 53.5 Å². The Balaban J connectivity index is 1.89. The normalized spacial score (nSPS) is 10.5. The van der Waals surface area contributed by atoms with Crippen molar-refractivity contribution >= 4 is 11.9 Å². The van der Waals surface area contributed by atoms with Crippen LogP contribution in [0.25, 0.3) is 0 Å². The third-order valence-electron chi connectivity index (χ3n) is 3.49. The van der Waals surface area contributed by atoms with Gasteiger partial charge >= 0.3 is 5.97 Å². The number of carbonyl (C=O) groups is 2. The van der Waals surface area contributed by atoms with E-state index >= 15 is 0 Å². The van der Waals surface area contributed by atoms with Gasteiger partial charge in [0.1, 0.15) is 5.75 Å². The predicted molar refractivity (Wildman–Crippen MR) is 88.7 cm³/mol. The molecule has 1 aromatic heterocycles. The van der Waals surface area contributed by atoms with Crippen molar-refractivity contribution in [1.29, 1.82) is 0 Å². The molecule has 0 aliphatic carbocycles. The first-order valence-electron chi connectivity index (χ1n) is 7.90. The van der Waals surface area contributed by atoms with E-state index in [-0.39, 0.29) is 5.91 Å². The van der Waals surface area contributed by atoms with Gasteiger partial charge in [-0.25, -0.2) is 4.79 Å². The van der Waals surface area contributed by atoms with Gasteiger partial charge in [0.15, 0.2) is 12.4 Å². The van der Waals surface area contributed by atoms with E-state index in [4.69, 9.17) is 14.4 Å². The number of rotatable bonds is 8. The summed E-state index contributed by atoms with van der Waals surface area (Å²) in [6.07, 6.45) is 1.28. The summed E-state index contributed by atoms with van der Waals surface area (Å²) in [7, 11) is 0. The van der Waals surface area contributed by atoms with Crippen LogP contribution in [0.2, 0.25) is 0 Å². The summed E-state index contributed by atoms with van der Waals surface area (Å²) in [5.74, 6) is 0.397. The molecule has 0 radical (unpaired) electrons. The third kappa shape index (κ3) is 5.30. The number of aromatic nitrogens is 2. The van der Waals surface area contributed by atoms with Crippen LogP contribution in [0.4, 0.5) is 0 Å². The highest BCUT2D eigenvalue weighted by atomic mass is 16.5. The van der Waals surface area contributed by atoms with Crippen LogP contribution >= 0.6 is 0 Å². The van der Waals surface area contributed by atoms with E-state index in [1.807, 2.05) is 0 Å². The summed E-state index contributed by atoms with van der Waals surface area (Å²) in [5, 5.41) is 15.2. The maximum absolute atomic E-state index is 12.2. The SMILES string of the molecule is Cc1noc(CCCNC(=O)c2cc(C)c(OCC(=O)O)c(C)c2)n1. The molecular weight excluding hydrogens is 326 g/mol. The van der Waals surface area contributed by atoms with E-state index < -0.39 is 12.6 Å². The lowest BCUT2D eigenvalue weighted by Gasteiger charge is -2.13. The van der Waals surface area contributed by atoms with Crippen LogP contribution in [0.5, 0.6) is 5.75 Å². The number of amides is 1. The number of nitrogens with one attached hydrogen (secondary N) is 1. The number of carbonyl (C=O) groups excluding carboxylic acids is 1. The number of carboxylic acid groups (broad SMARTS) is 1. The zero-order valence-corrected chi connectivity index (χ0v) is 14.5. The summed E-state index contributed by atoms with van der Waals surface area (Å²) < 4.78 is 10.3. The maximum atomic E-state index is 12.2. The molecule has 0 saturated carbocycles. The largest absolute Gasteiger partial charge is 0.481 e. The second-order valence-electron chi connectivity index (χ2n) is 5.72. The van der Waals surface area contributed by atoms with Crippen molar-refractivity contribution in [2.24, 2.45) is 0 Å². The first-order valence-corrected chi connectivity index (χ1v) is 7.90. The van der Waals surface area contributed by atoms with E-state index in [2.05, 4.69) is 15.5 Å². The Morgan fingerprint density at radius 2 is 1.92 bits per heavy atom. The highest BCUT2D eigenvalue weighted by Gasteiger charge is 2.13. The van der Waals surface area contributed by atoms with Crippen LogP contribution < -0.4 is 10.1 Å². The molecule has 0 atom stereocenters. The quantitative estimate of drug-likeness (QED) is 0.700. The number of nitrogens with zero attached hydrogens (tertiary/aromatic N) is 2. The molecule has 8 heteroatoms. The number of aliphatic carboxylic acids is 1. The lowest BCUT2D eigenvalue weighted by molar-refractivity contribution is -0.139. The first kappa shape index (κ1) is 18.4. The molecule has 1 heterocycles. The number of aryl methyl sites for hydroxylation is 4. The van der Waals surface area contributed by atoms with Crippen molar-refractivity contribution in [3.63, 3.8) is 0 Å². The van der Waals surface area contributed by atoms with Crippen molar-refractivity contribution in [1.82, 2.24) is 15.5 Å². The minimum Gasteiger partial charge on any atom is -0.481 e. The summed E-state index contributed by atoms with van der Waals surface area (Å²) >= 11 is 0. The fourth-order valence-electron chi connectivity index (χ4n) is 2.43. The Bertz CT molecular complexity index is 746. The van der Waals surface area contributed by atoms with Gasteiger partial charge in [0.05, 0.1) is 0 Å². The lowest BCUT2D eigenvalue weighted by Crippen LogP contribution is -2.25. The summed E-state index contributed by atoms with van der Waals surface area (Å²) in [4.78, 5) is 27.0. The number of benzene rings is 1. The molecular formula is C17H21N3O5. The Morgan fingerprint density at radius 3 is 2.48 bits per heavy atom. The van der Waals surface area contributed by atoms with E-state index in [9.17, 15) is 9.59 Å².